The Hall–Kier alpha value is -1.49. The fraction of sp³-hybridized carbons (Fsp3) is 0. The van der Waals surface area contributed by atoms with Gasteiger partial charge in [0.1, 0.15) is 5.82 Å². The van der Waals surface area contributed by atoms with Gasteiger partial charge >= 0.3 is 0 Å². The minimum absolute atomic E-state index is 0.371. The smallest absolute Gasteiger partial charge is 0.180 e. The van der Waals surface area contributed by atoms with Gasteiger partial charge in [-0.2, -0.15) is 0 Å². The summed E-state index contributed by atoms with van der Waals surface area (Å²) in [4.78, 5) is 7.73. The summed E-state index contributed by atoms with van der Waals surface area (Å²) >= 11 is 1.32. The zero-order valence-corrected chi connectivity index (χ0v) is 7.38. The van der Waals surface area contributed by atoms with Crippen LogP contribution in [0.4, 0.5) is 9.52 Å². The molecule has 3 nitrogen and oxygen atoms in total. The largest absolute Gasteiger partial charge is 0.375 e. The highest BCUT2D eigenvalue weighted by molar-refractivity contribution is 7.13. The molecule has 66 valence electrons. The van der Waals surface area contributed by atoms with Crippen molar-refractivity contribution in [2.24, 2.45) is 0 Å². The minimum Gasteiger partial charge on any atom is -0.375 e. The van der Waals surface area contributed by atoms with Gasteiger partial charge in [0.25, 0.3) is 0 Å². The van der Waals surface area contributed by atoms with Gasteiger partial charge in [-0.25, -0.2) is 9.37 Å². The number of pyridine rings is 1. The molecule has 0 saturated carbocycles. The molecule has 5 heteroatoms. The van der Waals surface area contributed by atoms with Crippen LogP contribution < -0.4 is 5.73 Å². The Balaban J connectivity index is 2.46. The monoisotopic (exact) mass is 195 g/mol. The molecule has 2 N–H and O–H groups in total. The molecule has 0 unspecified atom stereocenters. The van der Waals surface area contributed by atoms with Crippen LogP contribution in [0.2, 0.25) is 0 Å². The Labute approximate surface area is 78.1 Å². The predicted octanol–water partition coefficient (Wildman–Crippen LogP) is 1.93. The molecule has 0 aliphatic rings. The van der Waals surface area contributed by atoms with Crippen molar-refractivity contribution in [2.75, 3.05) is 5.73 Å². The van der Waals surface area contributed by atoms with E-state index in [9.17, 15) is 4.39 Å². The second-order valence-electron chi connectivity index (χ2n) is 2.46. The molecular formula is C8H6FN3S. The number of nitrogens with zero attached hydrogens (tertiary/aromatic N) is 2. The molecule has 0 radical (unpaired) electrons. The lowest BCUT2D eigenvalue weighted by atomic mass is 10.2. The second-order valence-corrected chi connectivity index (χ2v) is 3.35. The van der Waals surface area contributed by atoms with E-state index in [0.717, 1.165) is 6.20 Å². The van der Waals surface area contributed by atoms with E-state index < -0.39 is 0 Å². The minimum atomic E-state index is -0.371. The lowest BCUT2D eigenvalue weighted by molar-refractivity contribution is 0.622. The zero-order valence-electron chi connectivity index (χ0n) is 6.57. The third-order valence-corrected chi connectivity index (χ3v) is 2.20. The summed E-state index contributed by atoms with van der Waals surface area (Å²) in [5.41, 5.74) is 6.76. The SMILES string of the molecule is Nc1nc(-c2cncc(F)c2)cs1. The maximum atomic E-state index is 12.7. The second kappa shape index (κ2) is 3.10. The van der Waals surface area contributed by atoms with Crippen LogP contribution >= 0.6 is 11.3 Å². The maximum absolute atomic E-state index is 12.7. The number of halogens is 1. The van der Waals surface area contributed by atoms with Gasteiger partial charge in [0.15, 0.2) is 5.13 Å². The van der Waals surface area contributed by atoms with Gasteiger partial charge in [0.2, 0.25) is 0 Å². The summed E-state index contributed by atoms with van der Waals surface area (Å²) in [6.45, 7) is 0. The maximum Gasteiger partial charge on any atom is 0.180 e. The first kappa shape index (κ1) is 8.12. The van der Waals surface area contributed by atoms with Gasteiger partial charge in [-0.3, -0.25) is 4.98 Å². The molecule has 0 aromatic carbocycles. The highest BCUT2D eigenvalue weighted by atomic mass is 32.1. The molecule has 0 saturated heterocycles. The highest BCUT2D eigenvalue weighted by Crippen LogP contribution is 2.22. The molecule has 0 aliphatic heterocycles. The van der Waals surface area contributed by atoms with E-state index in [0.29, 0.717) is 16.4 Å². The number of thiazole rings is 1. The lowest BCUT2D eigenvalue weighted by Crippen LogP contribution is -1.85. The van der Waals surface area contributed by atoms with E-state index in [4.69, 9.17) is 5.73 Å². The normalized spacial score (nSPS) is 10.2. The molecule has 2 rings (SSSR count). The van der Waals surface area contributed by atoms with Crippen molar-refractivity contribution in [2.45, 2.75) is 0 Å². The van der Waals surface area contributed by atoms with Crippen LogP contribution in [-0.2, 0) is 0 Å². The van der Waals surface area contributed by atoms with Crippen molar-refractivity contribution in [3.63, 3.8) is 0 Å². The van der Waals surface area contributed by atoms with E-state index in [1.54, 1.807) is 11.6 Å². The number of aromatic nitrogens is 2. The van der Waals surface area contributed by atoms with Gasteiger partial charge in [0.05, 0.1) is 11.9 Å². The average molecular weight is 195 g/mol. The molecule has 0 aliphatic carbocycles. The molecule has 0 atom stereocenters. The van der Waals surface area contributed by atoms with E-state index in [2.05, 4.69) is 9.97 Å². The van der Waals surface area contributed by atoms with Crippen molar-refractivity contribution in [3.8, 4) is 11.3 Å². The summed E-state index contributed by atoms with van der Waals surface area (Å²) < 4.78 is 12.7. The van der Waals surface area contributed by atoms with Gasteiger partial charge in [-0.05, 0) is 6.07 Å². The predicted molar refractivity (Wildman–Crippen MR) is 49.7 cm³/mol. The molecule has 0 bridgehead atoms. The topological polar surface area (TPSA) is 51.8 Å². The summed E-state index contributed by atoms with van der Waals surface area (Å²) in [6.07, 6.45) is 2.71. The van der Waals surface area contributed by atoms with Crippen LogP contribution in [0, 0.1) is 5.82 Å². The quantitative estimate of drug-likeness (QED) is 0.756. The summed E-state index contributed by atoms with van der Waals surface area (Å²) in [6, 6.07) is 1.38. The van der Waals surface area contributed by atoms with Crippen molar-refractivity contribution >= 4 is 16.5 Å². The molecule has 0 spiro atoms. The third kappa shape index (κ3) is 1.65. The summed E-state index contributed by atoms with van der Waals surface area (Å²) in [7, 11) is 0. The molecule has 0 amide bonds. The van der Waals surface area contributed by atoms with E-state index in [-0.39, 0.29) is 5.82 Å². The van der Waals surface area contributed by atoms with Gasteiger partial charge in [-0.1, -0.05) is 0 Å². The van der Waals surface area contributed by atoms with Crippen molar-refractivity contribution in [3.05, 3.63) is 29.7 Å². The standard InChI is InChI=1S/C8H6FN3S/c9-6-1-5(2-11-3-6)7-4-13-8(10)12-7/h1-4H,(H2,10,12). The number of hydrogen-bond donors (Lipinski definition) is 1. The highest BCUT2D eigenvalue weighted by Gasteiger charge is 2.03. The first-order valence-electron chi connectivity index (χ1n) is 3.57. The molecule has 2 aromatic rings. The Morgan fingerprint density at radius 3 is 2.85 bits per heavy atom. The number of nitrogens with two attached hydrogens (primary N) is 1. The average Bonchev–Trinajstić information content (AvgIpc) is 2.52. The van der Waals surface area contributed by atoms with Gasteiger partial charge < -0.3 is 5.73 Å². The Kier molecular flexibility index (Phi) is 1.94. The number of anilines is 1. The number of rotatable bonds is 1. The molecular weight excluding hydrogens is 189 g/mol. The van der Waals surface area contributed by atoms with Crippen molar-refractivity contribution < 1.29 is 4.39 Å². The number of nitrogen functional groups attached to an aromatic ring is 1. The molecule has 2 aromatic heterocycles. The lowest BCUT2D eigenvalue weighted by Gasteiger charge is -1.94. The van der Waals surface area contributed by atoms with Crippen LogP contribution in [0.3, 0.4) is 0 Å². The number of hydrogen-bond acceptors (Lipinski definition) is 4. The van der Waals surface area contributed by atoms with Crippen LogP contribution in [0.15, 0.2) is 23.8 Å². The summed E-state index contributed by atoms with van der Waals surface area (Å²) in [5.74, 6) is -0.371. The Morgan fingerprint density at radius 2 is 2.23 bits per heavy atom. The van der Waals surface area contributed by atoms with Gasteiger partial charge in [-0.15, -0.1) is 11.3 Å². The zero-order chi connectivity index (χ0) is 9.26. The van der Waals surface area contributed by atoms with Crippen molar-refractivity contribution in [1.29, 1.82) is 0 Å². The fourth-order valence-corrected chi connectivity index (χ4v) is 1.54. The van der Waals surface area contributed by atoms with Crippen molar-refractivity contribution in [1.82, 2.24) is 9.97 Å². The molecule has 13 heavy (non-hydrogen) atoms. The fourth-order valence-electron chi connectivity index (χ4n) is 0.972. The Morgan fingerprint density at radius 1 is 1.38 bits per heavy atom. The van der Waals surface area contributed by atoms with E-state index >= 15 is 0 Å². The first-order chi connectivity index (χ1) is 6.25. The van der Waals surface area contributed by atoms with Crippen LogP contribution in [0.5, 0.6) is 0 Å². The van der Waals surface area contributed by atoms with Crippen LogP contribution in [0.1, 0.15) is 0 Å². The van der Waals surface area contributed by atoms with E-state index in [1.165, 1.54) is 17.4 Å². The van der Waals surface area contributed by atoms with Crippen LogP contribution in [-0.4, -0.2) is 9.97 Å². The molecule has 2 heterocycles. The first-order valence-corrected chi connectivity index (χ1v) is 4.45. The third-order valence-electron chi connectivity index (χ3n) is 1.52. The molecule has 0 fully saturated rings. The van der Waals surface area contributed by atoms with Crippen LogP contribution in [0.25, 0.3) is 11.3 Å². The summed E-state index contributed by atoms with van der Waals surface area (Å²) in [5, 5.41) is 2.24. The van der Waals surface area contributed by atoms with Gasteiger partial charge in [0, 0.05) is 17.1 Å². The van der Waals surface area contributed by atoms with E-state index in [1.807, 2.05) is 0 Å². The Bertz CT molecular complexity index is 427.